The maximum absolute atomic E-state index is 14.1. The second-order valence-electron chi connectivity index (χ2n) is 8.18. The van der Waals surface area contributed by atoms with Crippen LogP contribution in [0.3, 0.4) is 0 Å². The van der Waals surface area contributed by atoms with E-state index in [0.717, 1.165) is 17.0 Å². The summed E-state index contributed by atoms with van der Waals surface area (Å²) in [5.41, 5.74) is 2.31. The number of nitrogens with zero attached hydrogens (tertiary/aromatic N) is 6. The molecule has 1 aliphatic heterocycles. The van der Waals surface area contributed by atoms with Crippen LogP contribution in [0, 0.1) is 5.82 Å². The number of rotatable bonds is 7. The summed E-state index contributed by atoms with van der Waals surface area (Å²) in [7, 11) is 1.62. The van der Waals surface area contributed by atoms with Gasteiger partial charge in [-0.1, -0.05) is 23.9 Å². The summed E-state index contributed by atoms with van der Waals surface area (Å²) in [6, 6.07) is 18.1. The molecule has 10 heteroatoms. The maximum Gasteiger partial charge on any atom is 0.233 e. The Morgan fingerprint density at radius 2 is 1.69 bits per heavy atom. The number of para-hydroxylation sites is 1. The van der Waals surface area contributed by atoms with E-state index in [2.05, 4.69) is 15.2 Å². The first kappa shape index (κ1) is 23.8. The molecule has 1 aliphatic rings. The van der Waals surface area contributed by atoms with Gasteiger partial charge in [0.1, 0.15) is 11.6 Å². The van der Waals surface area contributed by atoms with Crippen molar-refractivity contribution in [2.24, 2.45) is 0 Å². The Bertz CT molecular complexity index is 1320. The molecular formula is C26H25FN6O2S. The number of methoxy groups -OCH3 is 1. The van der Waals surface area contributed by atoms with Crippen molar-refractivity contribution in [3.63, 3.8) is 0 Å². The molecule has 0 bridgehead atoms. The highest BCUT2D eigenvalue weighted by molar-refractivity contribution is 7.99. The summed E-state index contributed by atoms with van der Waals surface area (Å²) in [5, 5.41) is 9.42. The van der Waals surface area contributed by atoms with Gasteiger partial charge in [0.05, 0.1) is 18.6 Å². The SMILES string of the molecule is COc1ccc(-n2c(SCC(=O)N3CCN(c4ccccc4F)CC3)nnc2-c2ccncc2)cc1. The van der Waals surface area contributed by atoms with Gasteiger partial charge in [-0.05, 0) is 48.5 Å². The molecule has 0 aliphatic carbocycles. The Balaban J connectivity index is 1.30. The number of carbonyl (C=O) groups is 1. The fraction of sp³-hybridized carbons (Fsp3) is 0.231. The van der Waals surface area contributed by atoms with E-state index in [0.29, 0.717) is 42.8 Å². The number of benzene rings is 2. The highest BCUT2D eigenvalue weighted by Crippen LogP contribution is 2.29. The number of carbonyl (C=O) groups excluding carboxylic acids is 1. The van der Waals surface area contributed by atoms with Gasteiger partial charge in [0, 0.05) is 49.8 Å². The van der Waals surface area contributed by atoms with E-state index in [1.54, 1.807) is 31.6 Å². The van der Waals surface area contributed by atoms with Gasteiger partial charge in [-0.3, -0.25) is 14.3 Å². The molecule has 3 heterocycles. The van der Waals surface area contributed by atoms with Crippen LogP contribution in [0.15, 0.2) is 78.2 Å². The molecule has 1 fully saturated rings. The molecule has 4 aromatic rings. The van der Waals surface area contributed by atoms with Crippen LogP contribution in [0.2, 0.25) is 0 Å². The van der Waals surface area contributed by atoms with Gasteiger partial charge >= 0.3 is 0 Å². The van der Waals surface area contributed by atoms with Crippen molar-refractivity contribution in [1.82, 2.24) is 24.6 Å². The first-order valence-electron chi connectivity index (χ1n) is 11.5. The summed E-state index contributed by atoms with van der Waals surface area (Å²) in [6.45, 7) is 2.26. The number of aromatic nitrogens is 4. The molecule has 8 nitrogen and oxygen atoms in total. The molecule has 0 radical (unpaired) electrons. The molecule has 0 N–H and O–H groups in total. The predicted octanol–water partition coefficient (Wildman–Crippen LogP) is 3.92. The van der Waals surface area contributed by atoms with Crippen molar-refractivity contribution in [3.05, 3.63) is 78.9 Å². The average molecular weight is 505 g/mol. The number of halogens is 1. The van der Waals surface area contributed by atoms with Crippen LogP contribution in [-0.4, -0.2) is 69.6 Å². The van der Waals surface area contributed by atoms with Gasteiger partial charge < -0.3 is 14.5 Å². The third kappa shape index (κ3) is 5.03. The molecule has 0 atom stereocenters. The number of pyridine rings is 1. The lowest BCUT2D eigenvalue weighted by Crippen LogP contribution is -2.49. The average Bonchev–Trinajstić information content (AvgIpc) is 3.36. The van der Waals surface area contributed by atoms with E-state index in [1.165, 1.54) is 17.8 Å². The third-order valence-electron chi connectivity index (χ3n) is 6.05. The molecule has 2 aromatic heterocycles. The fourth-order valence-corrected chi connectivity index (χ4v) is 4.99. The van der Waals surface area contributed by atoms with Crippen LogP contribution in [-0.2, 0) is 4.79 Å². The minimum absolute atomic E-state index is 0.0166. The highest BCUT2D eigenvalue weighted by atomic mass is 32.2. The van der Waals surface area contributed by atoms with E-state index >= 15 is 0 Å². The Hall–Kier alpha value is -3.92. The second kappa shape index (κ2) is 10.8. The summed E-state index contributed by atoms with van der Waals surface area (Å²) >= 11 is 1.35. The Morgan fingerprint density at radius 1 is 0.972 bits per heavy atom. The van der Waals surface area contributed by atoms with Gasteiger partial charge in [-0.25, -0.2) is 4.39 Å². The van der Waals surface area contributed by atoms with E-state index in [1.807, 2.05) is 56.8 Å². The minimum atomic E-state index is -0.240. The van der Waals surface area contributed by atoms with Crippen molar-refractivity contribution in [1.29, 1.82) is 0 Å². The van der Waals surface area contributed by atoms with Gasteiger partial charge in [0.25, 0.3) is 0 Å². The topological polar surface area (TPSA) is 76.4 Å². The predicted molar refractivity (Wildman–Crippen MR) is 137 cm³/mol. The van der Waals surface area contributed by atoms with Crippen molar-refractivity contribution in [2.75, 3.05) is 43.9 Å². The smallest absolute Gasteiger partial charge is 0.233 e. The number of hydrogen-bond acceptors (Lipinski definition) is 7. The standard InChI is InChI=1S/C26H25FN6O2S/c1-35-21-8-6-20(7-9-21)33-25(19-10-12-28-13-11-19)29-30-26(33)36-18-24(34)32-16-14-31(15-17-32)23-5-3-2-4-22(23)27/h2-13H,14-18H2,1H3. The first-order chi connectivity index (χ1) is 17.6. The maximum atomic E-state index is 14.1. The lowest BCUT2D eigenvalue weighted by atomic mass is 10.2. The molecule has 1 saturated heterocycles. The van der Waals surface area contributed by atoms with Gasteiger partial charge in [-0.2, -0.15) is 0 Å². The first-order valence-corrected chi connectivity index (χ1v) is 12.5. The van der Waals surface area contributed by atoms with E-state index in [-0.39, 0.29) is 17.5 Å². The molecule has 36 heavy (non-hydrogen) atoms. The number of hydrogen-bond donors (Lipinski definition) is 0. The zero-order chi connectivity index (χ0) is 24.9. The van der Waals surface area contributed by atoms with Crippen molar-refractivity contribution in [2.45, 2.75) is 5.16 Å². The Kier molecular flexibility index (Phi) is 7.13. The highest BCUT2D eigenvalue weighted by Gasteiger charge is 2.24. The van der Waals surface area contributed by atoms with Crippen molar-refractivity contribution < 1.29 is 13.9 Å². The molecule has 0 saturated carbocycles. The number of thioether (sulfide) groups is 1. The molecule has 1 amide bonds. The number of amides is 1. The van der Waals surface area contributed by atoms with Crippen LogP contribution >= 0.6 is 11.8 Å². The monoisotopic (exact) mass is 504 g/mol. The zero-order valence-corrected chi connectivity index (χ0v) is 20.6. The second-order valence-corrected chi connectivity index (χ2v) is 9.13. The number of anilines is 1. The van der Waals surface area contributed by atoms with E-state index < -0.39 is 0 Å². The van der Waals surface area contributed by atoms with E-state index in [4.69, 9.17) is 4.74 Å². The largest absolute Gasteiger partial charge is 0.497 e. The van der Waals surface area contributed by atoms with Gasteiger partial charge in [0.2, 0.25) is 5.91 Å². The molecule has 0 spiro atoms. The van der Waals surface area contributed by atoms with Crippen LogP contribution in [0.5, 0.6) is 5.75 Å². The quantitative estimate of drug-likeness (QED) is 0.353. The Labute approximate surface area is 212 Å². The van der Waals surface area contributed by atoms with Crippen LogP contribution in [0.1, 0.15) is 0 Å². The Morgan fingerprint density at radius 3 is 2.39 bits per heavy atom. The number of ether oxygens (including phenoxy) is 1. The van der Waals surface area contributed by atoms with Crippen molar-refractivity contribution in [3.8, 4) is 22.8 Å². The summed E-state index contributed by atoms with van der Waals surface area (Å²) < 4.78 is 21.4. The zero-order valence-electron chi connectivity index (χ0n) is 19.7. The lowest BCUT2D eigenvalue weighted by Gasteiger charge is -2.36. The van der Waals surface area contributed by atoms with E-state index in [9.17, 15) is 9.18 Å². The van der Waals surface area contributed by atoms with Gasteiger partial charge in [0.15, 0.2) is 11.0 Å². The van der Waals surface area contributed by atoms with Crippen molar-refractivity contribution >= 4 is 23.4 Å². The molecular weight excluding hydrogens is 479 g/mol. The van der Waals surface area contributed by atoms with Gasteiger partial charge in [-0.15, -0.1) is 10.2 Å². The summed E-state index contributed by atoms with van der Waals surface area (Å²) in [6.07, 6.45) is 3.42. The van der Waals surface area contributed by atoms with Crippen LogP contribution in [0.25, 0.3) is 17.1 Å². The third-order valence-corrected chi connectivity index (χ3v) is 6.97. The van der Waals surface area contributed by atoms with Crippen LogP contribution < -0.4 is 9.64 Å². The summed E-state index contributed by atoms with van der Waals surface area (Å²) in [5.74, 6) is 1.41. The normalized spacial score (nSPS) is 13.6. The number of piperazine rings is 1. The molecule has 2 aromatic carbocycles. The molecule has 5 rings (SSSR count). The van der Waals surface area contributed by atoms with Crippen LogP contribution in [0.4, 0.5) is 10.1 Å². The lowest BCUT2D eigenvalue weighted by molar-refractivity contribution is -0.128. The molecule has 184 valence electrons. The fourth-order valence-electron chi connectivity index (χ4n) is 4.14. The minimum Gasteiger partial charge on any atom is -0.497 e. The molecule has 0 unspecified atom stereocenters. The summed E-state index contributed by atoms with van der Waals surface area (Å²) in [4.78, 5) is 20.9.